The molecule has 1 N–H and O–H groups in total. The second-order valence-corrected chi connectivity index (χ2v) is 10.4. The van der Waals surface area contributed by atoms with Gasteiger partial charge in [0.1, 0.15) is 5.75 Å². The third-order valence-corrected chi connectivity index (χ3v) is 7.52. The topological polar surface area (TPSA) is 96.0 Å². The quantitative estimate of drug-likeness (QED) is 0.565. The van der Waals surface area contributed by atoms with Gasteiger partial charge in [0, 0.05) is 13.6 Å². The summed E-state index contributed by atoms with van der Waals surface area (Å²) in [5, 5.41) is 0. The fourth-order valence-electron chi connectivity index (χ4n) is 2.65. The average Bonchev–Trinajstić information content (AvgIpc) is 2.70. The van der Waals surface area contributed by atoms with E-state index in [1.165, 1.54) is 44.5 Å². The van der Waals surface area contributed by atoms with Crippen LogP contribution in [0, 0.1) is 0 Å². The van der Waals surface area contributed by atoms with Crippen LogP contribution in [0.5, 0.6) is 5.75 Å². The van der Waals surface area contributed by atoms with Crippen LogP contribution in [0.2, 0.25) is 0 Å². The Kier molecular flexibility index (Phi) is 7.64. The predicted octanol–water partition coefficient (Wildman–Crippen LogP) is 1.75. The molecule has 0 fully saturated rings. The normalized spacial score (nSPS) is 12.2. The van der Waals surface area contributed by atoms with Gasteiger partial charge >= 0.3 is 0 Å². The van der Waals surface area contributed by atoms with E-state index in [0.717, 1.165) is 10.8 Å². The van der Waals surface area contributed by atoms with Crippen LogP contribution < -0.4 is 13.8 Å². The third kappa shape index (κ3) is 5.69. The standard InChI is InChI=1S/C19H27N3O5S2/c1-21(2)14-8-13-20-28(23,24)17-11-12-19(27-4)18(15-17)22(3)29(25,26)16-9-6-5-7-10-16/h5-7,9-12,15,20H,8,13-14H2,1-4H3. The molecule has 8 nitrogen and oxygen atoms in total. The zero-order valence-corrected chi connectivity index (χ0v) is 18.6. The first-order chi connectivity index (χ1) is 13.6. The maximum absolute atomic E-state index is 12.9. The summed E-state index contributed by atoms with van der Waals surface area (Å²) in [5.74, 6) is 0.249. The molecule has 0 atom stereocenters. The molecule has 10 heteroatoms. The number of anilines is 1. The highest BCUT2D eigenvalue weighted by atomic mass is 32.2. The van der Waals surface area contributed by atoms with E-state index in [0.29, 0.717) is 6.42 Å². The number of rotatable bonds is 10. The van der Waals surface area contributed by atoms with Crippen LogP contribution in [0.15, 0.2) is 58.3 Å². The molecule has 2 aromatic carbocycles. The molecule has 0 spiro atoms. The number of nitrogens with one attached hydrogen (secondary N) is 1. The first-order valence-electron chi connectivity index (χ1n) is 8.96. The molecule has 0 unspecified atom stereocenters. The highest BCUT2D eigenvalue weighted by Gasteiger charge is 2.25. The molecule has 0 saturated carbocycles. The lowest BCUT2D eigenvalue weighted by atomic mass is 10.3. The molecular weight excluding hydrogens is 414 g/mol. The average molecular weight is 442 g/mol. The van der Waals surface area contributed by atoms with Gasteiger partial charge in [-0.25, -0.2) is 21.6 Å². The predicted molar refractivity (Wildman–Crippen MR) is 113 cm³/mol. The van der Waals surface area contributed by atoms with Crippen molar-refractivity contribution < 1.29 is 21.6 Å². The van der Waals surface area contributed by atoms with Crippen molar-refractivity contribution in [2.45, 2.75) is 16.2 Å². The van der Waals surface area contributed by atoms with Crippen LogP contribution in [0.25, 0.3) is 0 Å². The number of hydrogen-bond donors (Lipinski definition) is 1. The van der Waals surface area contributed by atoms with Gasteiger partial charge in [-0.05, 0) is 57.4 Å². The summed E-state index contributed by atoms with van der Waals surface area (Å²) < 4.78 is 60.0. The molecule has 2 rings (SSSR count). The van der Waals surface area contributed by atoms with Crippen molar-refractivity contribution in [3.63, 3.8) is 0 Å². The molecule has 2 aromatic rings. The Bertz CT molecular complexity index is 1020. The van der Waals surface area contributed by atoms with E-state index < -0.39 is 20.0 Å². The molecule has 0 heterocycles. The Labute approximate surface area is 173 Å². The van der Waals surface area contributed by atoms with Crippen LogP contribution >= 0.6 is 0 Å². The summed E-state index contributed by atoms with van der Waals surface area (Å²) in [6.45, 7) is 1.02. The van der Waals surface area contributed by atoms with Crippen molar-refractivity contribution in [1.82, 2.24) is 9.62 Å². The van der Waals surface area contributed by atoms with Gasteiger partial charge in [-0.15, -0.1) is 0 Å². The van der Waals surface area contributed by atoms with Crippen molar-refractivity contribution in [3.8, 4) is 5.75 Å². The molecular formula is C19H27N3O5S2. The van der Waals surface area contributed by atoms with Gasteiger partial charge in [0.2, 0.25) is 10.0 Å². The van der Waals surface area contributed by atoms with Gasteiger partial charge in [-0.3, -0.25) is 4.31 Å². The van der Waals surface area contributed by atoms with Crippen molar-refractivity contribution in [2.24, 2.45) is 0 Å². The van der Waals surface area contributed by atoms with Crippen molar-refractivity contribution in [1.29, 1.82) is 0 Å². The minimum absolute atomic E-state index is 0.0340. The van der Waals surface area contributed by atoms with Gasteiger partial charge in [0.25, 0.3) is 10.0 Å². The summed E-state index contributed by atoms with van der Waals surface area (Å²) >= 11 is 0. The molecule has 0 amide bonds. The van der Waals surface area contributed by atoms with Crippen molar-refractivity contribution in [3.05, 3.63) is 48.5 Å². The summed E-state index contributed by atoms with van der Waals surface area (Å²) in [6, 6.07) is 12.0. The van der Waals surface area contributed by atoms with Crippen molar-refractivity contribution >= 4 is 25.7 Å². The summed E-state index contributed by atoms with van der Waals surface area (Å²) in [5.41, 5.74) is 0.132. The first-order valence-corrected chi connectivity index (χ1v) is 11.9. The number of ether oxygens (including phenoxy) is 1. The van der Waals surface area contributed by atoms with Gasteiger partial charge in [-0.1, -0.05) is 18.2 Å². The van der Waals surface area contributed by atoms with Gasteiger partial charge in [0.05, 0.1) is 22.6 Å². The third-order valence-electron chi connectivity index (χ3n) is 4.28. The number of nitrogens with zero attached hydrogens (tertiary/aromatic N) is 2. The van der Waals surface area contributed by atoms with E-state index in [9.17, 15) is 16.8 Å². The maximum atomic E-state index is 12.9. The highest BCUT2D eigenvalue weighted by molar-refractivity contribution is 7.92. The maximum Gasteiger partial charge on any atom is 0.264 e. The second-order valence-electron chi connectivity index (χ2n) is 6.67. The van der Waals surface area contributed by atoms with Gasteiger partial charge in [0.15, 0.2) is 0 Å². The molecule has 160 valence electrons. The number of sulfonamides is 2. The van der Waals surface area contributed by atoms with Crippen LogP contribution in [0.1, 0.15) is 6.42 Å². The lowest BCUT2D eigenvalue weighted by molar-refractivity contribution is 0.400. The monoisotopic (exact) mass is 441 g/mol. The molecule has 0 aliphatic carbocycles. The van der Waals surface area contributed by atoms with Crippen molar-refractivity contribution in [2.75, 3.05) is 45.6 Å². The van der Waals surface area contributed by atoms with E-state index in [2.05, 4.69) is 4.72 Å². The molecule has 0 bridgehead atoms. The van der Waals surface area contributed by atoms with Gasteiger partial charge < -0.3 is 9.64 Å². The van der Waals surface area contributed by atoms with E-state index >= 15 is 0 Å². The molecule has 0 aliphatic heterocycles. The Morgan fingerprint density at radius 2 is 1.59 bits per heavy atom. The second kappa shape index (κ2) is 9.57. The van der Waals surface area contributed by atoms with E-state index in [1.807, 2.05) is 19.0 Å². The molecule has 0 aromatic heterocycles. The lowest BCUT2D eigenvalue weighted by Crippen LogP contribution is -2.29. The Balaban J connectivity index is 2.35. The number of hydrogen-bond acceptors (Lipinski definition) is 6. The lowest BCUT2D eigenvalue weighted by Gasteiger charge is -2.22. The SMILES string of the molecule is COc1ccc(S(=O)(=O)NCCCN(C)C)cc1N(C)S(=O)(=O)c1ccccc1. The Morgan fingerprint density at radius 1 is 0.931 bits per heavy atom. The Morgan fingerprint density at radius 3 is 2.17 bits per heavy atom. The van der Waals surface area contributed by atoms with Crippen LogP contribution in [-0.4, -0.2) is 63.1 Å². The van der Waals surface area contributed by atoms with Crippen LogP contribution in [0.3, 0.4) is 0 Å². The smallest absolute Gasteiger partial charge is 0.264 e. The molecule has 0 aliphatic rings. The largest absolute Gasteiger partial charge is 0.495 e. The summed E-state index contributed by atoms with van der Waals surface area (Å²) in [6.07, 6.45) is 0.650. The fourth-order valence-corrected chi connectivity index (χ4v) is 4.96. The molecule has 0 radical (unpaired) electrons. The van der Waals surface area contributed by atoms with E-state index in [4.69, 9.17) is 4.74 Å². The number of benzene rings is 2. The minimum atomic E-state index is -3.88. The van der Waals surface area contributed by atoms with E-state index in [1.54, 1.807) is 18.2 Å². The fraction of sp³-hybridized carbons (Fsp3) is 0.368. The number of methoxy groups -OCH3 is 1. The minimum Gasteiger partial charge on any atom is -0.495 e. The zero-order chi connectivity index (χ0) is 21.7. The first kappa shape index (κ1) is 23.1. The van der Waals surface area contributed by atoms with Crippen LogP contribution in [-0.2, 0) is 20.0 Å². The van der Waals surface area contributed by atoms with Gasteiger partial charge in [-0.2, -0.15) is 0 Å². The summed E-state index contributed by atoms with van der Waals surface area (Å²) in [4.78, 5) is 2.02. The molecule has 29 heavy (non-hydrogen) atoms. The Hall–Kier alpha value is -2.14. The van der Waals surface area contributed by atoms with E-state index in [-0.39, 0.29) is 27.8 Å². The molecule has 0 saturated heterocycles. The van der Waals surface area contributed by atoms with Crippen LogP contribution in [0.4, 0.5) is 5.69 Å². The highest BCUT2D eigenvalue weighted by Crippen LogP contribution is 2.33. The zero-order valence-electron chi connectivity index (χ0n) is 17.0. The summed E-state index contributed by atoms with van der Waals surface area (Å²) in [7, 11) is -1.10.